The second kappa shape index (κ2) is 5.76. The summed E-state index contributed by atoms with van der Waals surface area (Å²) in [4.78, 5) is 25.5. The highest BCUT2D eigenvalue weighted by Gasteiger charge is 2.16. The Morgan fingerprint density at radius 3 is 2.60 bits per heavy atom. The molecule has 1 amide bonds. The molecule has 0 aliphatic heterocycles. The second-order valence-electron chi connectivity index (χ2n) is 4.08. The fraction of sp³-hybridized carbons (Fsp3) is 0.0667. The van der Waals surface area contributed by atoms with Gasteiger partial charge in [-0.15, -0.1) is 0 Å². The molecular formula is C15H12N2O3. The predicted molar refractivity (Wildman–Crippen MR) is 74.4 cm³/mol. The topological polar surface area (TPSA) is 82.2 Å². The number of benzene rings is 1. The lowest BCUT2D eigenvalue weighted by Gasteiger charge is -1.99. The first-order valence-electron chi connectivity index (χ1n) is 5.87. The van der Waals surface area contributed by atoms with Gasteiger partial charge in [0.05, 0.1) is 5.69 Å². The van der Waals surface area contributed by atoms with E-state index in [0.717, 1.165) is 0 Å². The first-order chi connectivity index (χ1) is 9.58. The molecule has 0 aliphatic rings. The molecule has 2 rings (SSSR count). The number of nitrogens with one attached hydrogen (secondary N) is 2. The van der Waals surface area contributed by atoms with Crippen molar-refractivity contribution in [2.45, 2.75) is 6.92 Å². The Balaban J connectivity index is 2.14. The number of carboxylic acids is 1. The molecule has 3 N–H and O–H groups in total. The molecule has 0 fully saturated rings. The van der Waals surface area contributed by atoms with E-state index in [4.69, 9.17) is 5.11 Å². The Morgan fingerprint density at radius 2 is 1.95 bits per heavy atom. The van der Waals surface area contributed by atoms with Gasteiger partial charge in [-0.05, 0) is 19.1 Å². The van der Waals surface area contributed by atoms with Crippen LogP contribution in [0.4, 0.5) is 5.69 Å². The van der Waals surface area contributed by atoms with E-state index in [-0.39, 0.29) is 11.3 Å². The van der Waals surface area contributed by atoms with Crippen LogP contribution in [0.15, 0.2) is 36.5 Å². The fourth-order valence-electron chi connectivity index (χ4n) is 1.70. The monoisotopic (exact) mass is 268 g/mol. The number of H-pyrrole nitrogens is 1. The Morgan fingerprint density at radius 1 is 1.25 bits per heavy atom. The van der Waals surface area contributed by atoms with Crippen molar-refractivity contribution in [2.24, 2.45) is 0 Å². The number of carbonyl (C=O) groups excluding carboxylic acids is 1. The molecule has 0 saturated carbocycles. The highest BCUT2D eigenvalue weighted by atomic mass is 16.4. The molecule has 0 radical (unpaired) electrons. The first-order valence-corrected chi connectivity index (χ1v) is 5.87. The first kappa shape index (κ1) is 13.4. The van der Waals surface area contributed by atoms with Crippen LogP contribution in [0.3, 0.4) is 0 Å². The van der Waals surface area contributed by atoms with Crippen molar-refractivity contribution in [1.29, 1.82) is 0 Å². The molecule has 0 aliphatic carbocycles. The van der Waals surface area contributed by atoms with Crippen molar-refractivity contribution in [3.8, 4) is 11.8 Å². The van der Waals surface area contributed by atoms with Crippen LogP contribution in [0.2, 0.25) is 0 Å². The Kier molecular flexibility index (Phi) is 3.87. The number of aromatic carboxylic acids is 1. The normalized spacial score (nSPS) is 9.45. The number of hydrogen-bond donors (Lipinski definition) is 3. The van der Waals surface area contributed by atoms with Gasteiger partial charge in [-0.1, -0.05) is 24.1 Å². The van der Waals surface area contributed by atoms with Crippen molar-refractivity contribution in [3.63, 3.8) is 0 Å². The van der Waals surface area contributed by atoms with Crippen molar-refractivity contribution >= 4 is 17.6 Å². The van der Waals surface area contributed by atoms with Gasteiger partial charge in [-0.3, -0.25) is 4.79 Å². The zero-order valence-corrected chi connectivity index (χ0v) is 10.7. The quantitative estimate of drug-likeness (QED) is 0.729. The number of rotatable bonds is 2. The minimum absolute atomic E-state index is 0.0415. The lowest BCUT2D eigenvalue weighted by Crippen LogP contribution is -2.11. The smallest absolute Gasteiger partial charge is 0.339 e. The highest BCUT2D eigenvalue weighted by molar-refractivity contribution is 6.08. The summed E-state index contributed by atoms with van der Waals surface area (Å²) < 4.78 is 0. The zero-order chi connectivity index (χ0) is 14.5. The number of aromatic nitrogens is 1. The van der Waals surface area contributed by atoms with E-state index < -0.39 is 11.9 Å². The molecule has 2 aromatic rings. The largest absolute Gasteiger partial charge is 0.478 e. The standard InChI is InChI=1S/C15H12N2O3/c1-10-14(15(19)20)12(9-16-10)17-13(18)8-7-11-5-3-2-4-6-11/h2-6,9,16H,1H3,(H,17,18)(H,19,20). The minimum Gasteiger partial charge on any atom is -0.478 e. The van der Waals surface area contributed by atoms with Crippen molar-refractivity contribution in [3.05, 3.63) is 53.3 Å². The third-order valence-corrected chi connectivity index (χ3v) is 2.63. The van der Waals surface area contributed by atoms with E-state index in [0.29, 0.717) is 11.3 Å². The summed E-state index contributed by atoms with van der Waals surface area (Å²) in [6.45, 7) is 1.62. The molecule has 1 aromatic heterocycles. The van der Waals surface area contributed by atoms with Crippen LogP contribution in [-0.4, -0.2) is 22.0 Å². The van der Waals surface area contributed by atoms with E-state index in [2.05, 4.69) is 22.1 Å². The fourth-order valence-corrected chi connectivity index (χ4v) is 1.70. The number of anilines is 1. The van der Waals surface area contributed by atoms with Gasteiger partial charge in [0.25, 0.3) is 0 Å². The molecule has 1 heterocycles. The molecule has 0 bridgehead atoms. The number of aryl methyl sites for hydroxylation is 1. The summed E-state index contributed by atoms with van der Waals surface area (Å²) in [6.07, 6.45) is 1.43. The third kappa shape index (κ3) is 3.06. The summed E-state index contributed by atoms with van der Waals surface area (Å²) in [6, 6.07) is 9.06. The van der Waals surface area contributed by atoms with Crippen LogP contribution < -0.4 is 5.32 Å². The van der Waals surface area contributed by atoms with Crippen molar-refractivity contribution in [1.82, 2.24) is 4.98 Å². The van der Waals surface area contributed by atoms with Crippen LogP contribution in [0.25, 0.3) is 0 Å². The molecule has 1 aromatic carbocycles. The van der Waals surface area contributed by atoms with E-state index in [1.807, 2.05) is 18.2 Å². The molecular weight excluding hydrogens is 256 g/mol. The summed E-state index contributed by atoms with van der Waals surface area (Å²) in [5.41, 5.74) is 1.44. The molecule has 20 heavy (non-hydrogen) atoms. The van der Waals surface area contributed by atoms with E-state index in [1.54, 1.807) is 19.1 Å². The maximum absolute atomic E-state index is 11.7. The molecule has 100 valence electrons. The van der Waals surface area contributed by atoms with Crippen molar-refractivity contribution < 1.29 is 14.7 Å². The summed E-state index contributed by atoms with van der Waals surface area (Å²) in [7, 11) is 0. The van der Waals surface area contributed by atoms with Gasteiger partial charge in [-0.25, -0.2) is 4.79 Å². The SMILES string of the molecule is Cc1[nH]cc(NC(=O)C#Cc2ccccc2)c1C(=O)O. The summed E-state index contributed by atoms with van der Waals surface area (Å²) in [5.74, 6) is 3.45. The number of hydrogen-bond acceptors (Lipinski definition) is 2. The summed E-state index contributed by atoms with van der Waals surface area (Å²) in [5, 5.41) is 11.5. The Hall–Kier alpha value is -3.00. The lowest BCUT2D eigenvalue weighted by atomic mass is 10.2. The second-order valence-corrected chi connectivity index (χ2v) is 4.08. The molecule has 0 saturated heterocycles. The number of amides is 1. The Bertz CT molecular complexity index is 706. The average molecular weight is 268 g/mol. The zero-order valence-electron chi connectivity index (χ0n) is 10.7. The van der Waals surface area contributed by atoms with Crippen LogP contribution in [-0.2, 0) is 4.79 Å². The highest BCUT2D eigenvalue weighted by Crippen LogP contribution is 2.18. The minimum atomic E-state index is -1.10. The van der Waals surface area contributed by atoms with Gasteiger partial charge in [-0.2, -0.15) is 0 Å². The maximum Gasteiger partial charge on any atom is 0.339 e. The van der Waals surface area contributed by atoms with Crippen LogP contribution >= 0.6 is 0 Å². The van der Waals surface area contributed by atoms with Crippen LogP contribution in [0.5, 0.6) is 0 Å². The van der Waals surface area contributed by atoms with Gasteiger partial charge < -0.3 is 15.4 Å². The van der Waals surface area contributed by atoms with E-state index in [1.165, 1.54) is 6.20 Å². The number of carbonyl (C=O) groups is 2. The third-order valence-electron chi connectivity index (χ3n) is 2.63. The van der Waals surface area contributed by atoms with Gasteiger partial charge in [0.1, 0.15) is 5.56 Å². The molecule has 0 spiro atoms. The molecule has 5 nitrogen and oxygen atoms in total. The van der Waals surface area contributed by atoms with Crippen molar-refractivity contribution in [2.75, 3.05) is 5.32 Å². The number of aromatic amines is 1. The molecule has 5 heteroatoms. The lowest BCUT2D eigenvalue weighted by molar-refractivity contribution is -0.111. The van der Waals surface area contributed by atoms with Crippen LogP contribution in [0, 0.1) is 18.8 Å². The van der Waals surface area contributed by atoms with Gasteiger partial charge in [0.2, 0.25) is 0 Å². The molecule has 0 unspecified atom stereocenters. The van der Waals surface area contributed by atoms with Crippen LogP contribution in [0.1, 0.15) is 21.6 Å². The van der Waals surface area contributed by atoms with Gasteiger partial charge in [0, 0.05) is 23.4 Å². The number of carboxylic acid groups (broad SMARTS) is 1. The predicted octanol–water partition coefficient (Wildman–Crippen LogP) is 2.01. The average Bonchev–Trinajstić information content (AvgIpc) is 2.78. The van der Waals surface area contributed by atoms with Gasteiger partial charge in [0.15, 0.2) is 0 Å². The van der Waals surface area contributed by atoms with Gasteiger partial charge >= 0.3 is 11.9 Å². The van der Waals surface area contributed by atoms with E-state index >= 15 is 0 Å². The van der Waals surface area contributed by atoms with E-state index in [9.17, 15) is 9.59 Å². The molecule has 0 atom stereocenters. The Labute approximate surface area is 115 Å². The summed E-state index contributed by atoms with van der Waals surface area (Å²) >= 11 is 0. The maximum atomic E-state index is 11.7.